The second-order valence-electron chi connectivity index (χ2n) is 10.8. The first-order valence-corrected chi connectivity index (χ1v) is 15.4. The summed E-state index contributed by atoms with van der Waals surface area (Å²) in [7, 11) is 1.87. The van der Waals surface area contributed by atoms with Gasteiger partial charge in [-0.3, -0.25) is 14.3 Å². The largest absolute Gasteiger partial charge is 0.491 e. The van der Waals surface area contributed by atoms with Gasteiger partial charge >= 0.3 is 6.18 Å². The summed E-state index contributed by atoms with van der Waals surface area (Å²) in [5.41, 5.74) is -0.327. The number of hydrogen-bond acceptors (Lipinski definition) is 9. The first-order valence-electron chi connectivity index (χ1n) is 14.2. The van der Waals surface area contributed by atoms with Crippen LogP contribution in [0.4, 0.5) is 18.9 Å². The fraction of sp³-hybridized carbons (Fsp3) is 0.281. The molecule has 1 fully saturated rings. The summed E-state index contributed by atoms with van der Waals surface area (Å²) in [5, 5.41) is 19.9. The fourth-order valence-corrected chi connectivity index (χ4v) is 6.83. The molecule has 0 unspecified atom stereocenters. The maximum Gasteiger partial charge on any atom is 0.418 e. The molecule has 14 heteroatoms. The van der Waals surface area contributed by atoms with Gasteiger partial charge < -0.3 is 14.5 Å². The van der Waals surface area contributed by atoms with E-state index in [1.165, 1.54) is 27.7 Å². The van der Waals surface area contributed by atoms with Crippen molar-refractivity contribution in [2.24, 2.45) is 0 Å². The lowest BCUT2D eigenvalue weighted by molar-refractivity contribution is -0.137. The Morgan fingerprint density at radius 3 is 2.50 bits per heavy atom. The van der Waals surface area contributed by atoms with Crippen LogP contribution >= 0.6 is 22.9 Å². The molecule has 0 aliphatic carbocycles. The summed E-state index contributed by atoms with van der Waals surface area (Å²) in [6, 6.07) is 13.5. The molecule has 0 atom stereocenters. The lowest BCUT2D eigenvalue weighted by atomic mass is 10.00. The Labute approximate surface area is 270 Å². The predicted octanol–water partition coefficient (Wildman–Crippen LogP) is 6.23. The minimum atomic E-state index is -4.76. The van der Waals surface area contributed by atoms with Gasteiger partial charge in [0.1, 0.15) is 35.2 Å². The Morgan fingerprint density at radius 2 is 1.80 bits per heavy atom. The number of ether oxygens (including phenoxy) is 1. The summed E-state index contributed by atoms with van der Waals surface area (Å²) in [6.45, 7) is 3.11. The number of benzene rings is 2. The first kappa shape index (κ1) is 31.3. The first-order chi connectivity index (χ1) is 22.0. The van der Waals surface area contributed by atoms with Crippen LogP contribution in [-0.4, -0.2) is 59.3 Å². The Morgan fingerprint density at radius 1 is 1.04 bits per heavy atom. The van der Waals surface area contributed by atoms with Gasteiger partial charge in [-0.15, -0.1) is 11.3 Å². The molecule has 1 saturated heterocycles. The van der Waals surface area contributed by atoms with Crippen LogP contribution in [0, 0.1) is 29.6 Å². The molecule has 4 heterocycles. The average molecular weight is 664 g/mol. The molecule has 46 heavy (non-hydrogen) atoms. The molecule has 0 saturated carbocycles. The highest BCUT2D eigenvalue weighted by Crippen LogP contribution is 2.42. The number of aromatic nitrogens is 3. The minimum Gasteiger partial charge on any atom is -0.491 e. The molecule has 0 radical (unpaired) electrons. The van der Waals surface area contributed by atoms with E-state index in [2.05, 4.69) is 16.0 Å². The van der Waals surface area contributed by atoms with E-state index in [1.54, 1.807) is 36.5 Å². The van der Waals surface area contributed by atoms with Crippen LogP contribution in [-0.2, 0) is 12.7 Å². The maximum atomic E-state index is 14.3. The van der Waals surface area contributed by atoms with Crippen molar-refractivity contribution in [3.63, 3.8) is 0 Å². The van der Waals surface area contributed by atoms with Gasteiger partial charge in [-0.25, -0.2) is 4.98 Å². The monoisotopic (exact) mass is 663 g/mol. The number of alkyl halides is 3. The van der Waals surface area contributed by atoms with E-state index >= 15 is 0 Å². The molecule has 0 N–H and O–H groups in total. The lowest BCUT2D eigenvalue weighted by Crippen LogP contribution is -2.45. The quantitative estimate of drug-likeness (QED) is 0.210. The second-order valence-corrected chi connectivity index (χ2v) is 12.3. The van der Waals surface area contributed by atoms with Gasteiger partial charge in [0.2, 0.25) is 0 Å². The number of anilines is 1. The third kappa shape index (κ3) is 5.73. The highest BCUT2D eigenvalue weighted by molar-refractivity contribution is 7.20. The molecule has 6 rings (SSSR count). The Bertz CT molecular complexity index is 2140. The van der Waals surface area contributed by atoms with Crippen LogP contribution < -0.4 is 15.2 Å². The molecule has 0 amide bonds. The van der Waals surface area contributed by atoms with Gasteiger partial charge in [-0.05, 0) is 50.4 Å². The zero-order chi connectivity index (χ0) is 32.7. The minimum absolute atomic E-state index is 0.00147. The molecule has 1 aliphatic heterocycles. The van der Waals surface area contributed by atoms with Crippen LogP contribution in [0.15, 0.2) is 47.4 Å². The van der Waals surface area contributed by atoms with Crippen LogP contribution in [0.25, 0.3) is 32.2 Å². The number of nitrogens with zero attached hydrogens (tertiary/aromatic N) is 7. The van der Waals surface area contributed by atoms with Crippen molar-refractivity contribution in [3.8, 4) is 29.0 Å². The Hall–Kier alpha value is -4.69. The van der Waals surface area contributed by atoms with Crippen molar-refractivity contribution in [1.29, 1.82) is 10.5 Å². The van der Waals surface area contributed by atoms with Crippen molar-refractivity contribution >= 4 is 49.7 Å². The predicted molar refractivity (Wildman–Crippen MR) is 170 cm³/mol. The van der Waals surface area contributed by atoms with Gasteiger partial charge in [0, 0.05) is 48.5 Å². The summed E-state index contributed by atoms with van der Waals surface area (Å²) in [5.74, 6) is 0.647. The maximum absolute atomic E-state index is 14.3. The molecule has 0 spiro atoms. The normalized spacial score (nSPS) is 14.0. The number of rotatable bonds is 6. The molecule has 3 aromatic heterocycles. The number of fused-ring (bicyclic) bond motifs is 2. The third-order valence-electron chi connectivity index (χ3n) is 7.97. The van der Waals surface area contributed by atoms with Crippen molar-refractivity contribution < 1.29 is 17.9 Å². The number of nitriles is 2. The lowest BCUT2D eigenvalue weighted by Gasteiger charge is -2.36. The highest BCUT2D eigenvalue weighted by atomic mass is 35.5. The number of thiophene rings is 1. The number of likely N-dealkylation sites (N-methyl/N-ethyl adjacent to an activating group) is 1. The second kappa shape index (κ2) is 12.2. The fourth-order valence-electron chi connectivity index (χ4n) is 5.72. The molecule has 1 aliphatic rings. The summed E-state index contributed by atoms with van der Waals surface area (Å²) < 4.78 is 51.2. The molecule has 234 valence electrons. The van der Waals surface area contributed by atoms with Gasteiger partial charge in [0.25, 0.3) is 5.56 Å². The number of piperazine rings is 1. The van der Waals surface area contributed by atoms with E-state index < -0.39 is 17.3 Å². The number of hydrogen-bond donors (Lipinski definition) is 0. The van der Waals surface area contributed by atoms with Crippen molar-refractivity contribution in [2.45, 2.75) is 19.6 Å². The zero-order valence-electron chi connectivity index (χ0n) is 24.7. The molecule has 9 nitrogen and oxygen atoms in total. The summed E-state index contributed by atoms with van der Waals surface area (Å²) in [6.07, 6.45) is -3.12. The van der Waals surface area contributed by atoms with Gasteiger partial charge in [-0.1, -0.05) is 11.6 Å². The van der Waals surface area contributed by atoms with Crippen molar-refractivity contribution in [2.75, 3.05) is 44.7 Å². The molecular formula is C32H25ClF3N7O2S. The third-order valence-corrected chi connectivity index (χ3v) is 9.27. The van der Waals surface area contributed by atoms with E-state index in [-0.39, 0.29) is 54.2 Å². The molecule has 0 bridgehead atoms. The van der Waals surface area contributed by atoms with E-state index in [4.69, 9.17) is 16.3 Å². The SMILES string of the molecule is Cc1nc2cc(C(F)(F)F)c(N3CCN(C)CC3)c(C#N)c2c(=O)n1CCOc1ccc(Cl)cc1-c1ccnc2cc(C#N)sc12. The van der Waals surface area contributed by atoms with E-state index in [1.807, 2.05) is 18.0 Å². The zero-order valence-corrected chi connectivity index (χ0v) is 26.2. The smallest absolute Gasteiger partial charge is 0.418 e. The van der Waals surface area contributed by atoms with E-state index in [0.717, 1.165) is 16.3 Å². The van der Waals surface area contributed by atoms with Crippen molar-refractivity contribution in [1.82, 2.24) is 19.4 Å². The molecule has 5 aromatic rings. The summed E-state index contributed by atoms with van der Waals surface area (Å²) >= 11 is 7.64. The highest BCUT2D eigenvalue weighted by Gasteiger charge is 2.38. The molecule has 2 aromatic carbocycles. The van der Waals surface area contributed by atoms with Crippen LogP contribution in [0.2, 0.25) is 5.02 Å². The number of pyridine rings is 1. The van der Waals surface area contributed by atoms with Crippen LogP contribution in [0.1, 0.15) is 21.8 Å². The molecular weight excluding hydrogens is 639 g/mol. The van der Waals surface area contributed by atoms with Gasteiger partial charge in [0.05, 0.1) is 44.5 Å². The number of aryl methyl sites for hydroxylation is 1. The summed E-state index contributed by atoms with van der Waals surface area (Å²) in [4.78, 5) is 26.6. The van der Waals surface area contributed by atoms with E-state index in [9.17, 15) is 28.5 Å². The Balaban J connectivity index is 1.38. The number of halogens is 4. The average Bonchev–Trinajstić information content (AvgIpc) is 3.46. The van der Waals surface area contributed by atoms with Crippen LogP contribution in [0.3, 0.4) is 0 Å². The standard InChI is InChI=1S/C32H25ClF3N7O2S/c1-18-40-25-15-24(32(34,35)36)29(42-9-7-41(2)8-10-42)23(17-38)28(25)31(44)43(18)11-12-45-27-4-3-19(33)13-22(27)21-5-6-39-26-14-20(16-37)46-30(21)26/h3-6,13-15H,7-12H2,1-2H3. The van der Waals surface area contributed by atoms with Crippen LogP contribution in [0.5, 0.6) is 5.75 Å². The van der Waals surface area contributed by atoms with E-state index in [0.29, 0.717) is 39.8 Å². The topological polar surface area (TPSA) is 111 Å². The van der Waals surface area contributed by atoms with Gasteiger partial charge in [-0.2, -0.15) is 23.7 Å². The van der Waals surface area contributed by atoms with Crippen molar-refractivity contribution in [3.05, 3.63) is 79.8 Å². The Kier molecular flexibility index (Phi) is 8.33. The van der Waals surface area contributed by atoms with Gasteiger partial charge in [0.15, 0.2) is 0 Å².